The van der Waals surface area contributed by atoms with Crippen molar-refractivity contribution in [3.05, 3.63) is 54.1 Å². The number of ether oxygens (including phenoxy) is 2. The minimum atomic E-state index is -3.04. The van der Waals surface area contributed by atoms with Gasteiger partial charge in [0.15, 0.2) is 6.61 Å². The van der Waals surface area contributed by atoms with Crippen LogP contribution in [0, 0.1) is 12.8 Å². The van der Waals surface area contributed by atoms with Crippen molar-refractivity contribution in [1.29, 1.82) is 0 Å². The predicted molar refractivity (Wildman–Crippen MR) is 104 cm³/mol. The number of benzene rings is 2. The summed E-state index contributed by atoms with van der Waals surface area (Å²) >= 11 is 0. The fraction of sp³-hybridized carbons (Fsp3) is 0.286. The molecule has 1 fully saturated rings. The second kappa shape index (κ2) is 9.34. The van der Waals surface area contributed by atoms with Crippen LogP contribution in [0.2, 0.25) is 0 Å². The summed E-state index contributed by atoms with van der Waals surface area (Å²) in [6.45, 7) is -1.57. The maximum atomic E-state index is 12.4. The molecule has 1 saturated heterocycles. The summed E-state index contributed by atoms with van der Waals surface area (Å²) in [7, 11) is 0. The Bertz CT molecular complexity index is 933. The van der Waals surface area contributed by atoms with Gasteiger partial charge < -0.3 is 19.7 Å². The van der Waals surface area contributed by atoms with Gasteiger partial charge in [-0.1, -0.05) is 29.8 Å². The van der Waals surface area contributed by atoms with E-state index in [1.54, 1.807) is 12.1 Å². The number of carbonyl (C=O) groups excluding carboxylic acids is 3. The van der Waals surface area contributed by atoms with E-state index in [0.717, 1.165) is 5.56 Å². The minimum Gasteiger partial charge on any atom is -0.455 e. The third-order valence-corrected chi connectivity index (χ3v) is 4.53. The molecule has 1 unspecified atom stereocenters. The van der Waals surface area contributed by atoms with Crippen LogP contribution in [-0.2, 0) is 19.1 Å². The molecule has 1 atom stereocenters. The van der Waals surface area contributed by atoms with Gasteiger partial charge in [0.05, 0.1) is 11.6 Å². The molecule has 2 amide bonds. The zero-order valence-corrected chi connectivity index (χ0v) is 16.1. The summed E-state index contributed by atoms with van der Waals surface area (Å²) < 4.78 is 34.2. The normalized spacial score (nSPS) is 15.9. The summed E-state index contributed by atoms with van der Waals surface area (Å²) in [4.78, 5) is 38.1. The summed E-state index contributed by atoms with van der Waals surface area (Å²) in [5, 5.41) is 2.36. The molecule has 0 spiro atoms. The lowest BCUT2D eigenvalue weighted by atomic mass is 10.1. The number of para-hydroxylation sites is 2. The number of hydrogen-bond acceptors (Lipinski definition) is 5. The molecule has 158 valence electrons. The van der Waals surface area contributed by atoms with Crippen LogP contribution < -0.4 is 15.0 Å². The van der Waals surface area contributed by atoms with Crippen molar-refractivity contribution in [1.82, 2.24) is 0 Å². The van der Waals surface area contributed by atoms with E-state index in [2.05, 4.69) is 10.1 Å². The lowest BCUT2D eigenvalue weighted by Crippen LogP contribution is -2.28. The van der Waals surface area contributed by atoms with Crippen molar-refractivity contribution < 1.29 is 32.6 Å². The van der Waals surface area contributed by atoms with Gasteiger partial charge in [-0.25, -0.2) is 0 Å². The van der Waals surface area contributed by atoms with Gasteiger partial charge in [-0.2, -0.15) is 8.78 Å². The summed E-state index contributed by atoms with van der Waals surface area (Å²) in [5.74, 6) is -2.50. The van der Waals surface area contributed by atoms with Crippen molar-refractivity contribution >= 4 is 29.2 Å². The Labute approximate surface area is 171 Å². The maximum absolute atomic E-state index is 12.4. The molecule has 1 N–H and O–H groups in total. The number of carbonyl (C=O) groups is 3. The number of nitrogens with zero attached hydrogens (tertiary/aromatic N) is 1. The molecule has 2 aromatic rings. The van der Waals surface area contributed by atoms with Crippen LogP contribution in [0.3, 0.4) is 0 Å². The van der Waals surface area contributed by atoms with Crippen LogP contribution in [0.4, 0.5) is 20.2 Å². The van der Waals surface area contributed by atoms with E-state index in [1.165, 1.54) is 29.2 Å². The Kier molecular flexibility index (Phi) is 6.61. The number of rotatable bonds is 7. The van der Waals surface area contributed by atoms with Crippen LogP contribution >= 0.6 is 0 Å². The third-order valence-electron chi connectivity index (χ3n) is 4.53. The number of hydrogen-bond donors (Lipinski definition) is 1. The molecule has 7 nitrogen and oxygen atoms in total. The minimum absolute atomic E-state index is 0.0145. The quantitative estimate of drug-likeness (QED) is 0.699. The van der Waals surface area contributed by atoms with Gasteiger partial charge in [-0.3, -0.25) is 14.4 Å². The molecule has 9 heteroatoms. The highest BCUT2D eigenvalue weighted by Gasteiger charge is 2.36. The molecule has 0 aromatic heterocycles. The molecule has 30 heavy (non-hydrogen) atoms. The second-order valence-electron chi connectivity index (χ2n) is 6.77. The molecular formula is C21H20F2N2O5. The van der Waals surface area contributed by atoms with Gasteiger partial charge in [0, 0.05) is 18.7 Å². The van der Waals surface area contributed by atoms with E-state index in [9.17, 15) is 23.2 Å². The van der Waals surface area contributed by atoms with Crippen molar-refractivity contribution in [2.24, 2.45) is 5.92 Å². The third kappa shape index (κ3) is 5.31. The fourth-order valence-electron chi connectivity index (χ4n) is 3.05. The van der Waals surface area contributed by atoms with Gasteiger partial charge in [0.25, 0.3) is 5.91 Å². The maximum Gasteiger partial charge on any atom is 0.387 e. The SMILES string of the molecule is Cc1ccc(N2CC(C(=O)OCC(=O)Nc3ccccc3OC(F)F)CC2=O)cc1. The molecule has 3 rings (SSSR count). The summed E-state index contributed by atoms with van der Waals surface area (Å²) in [6, 6.07) is 13.0. The van der Waals surface area contributed by atoms with Crippen LogP contribution in [0.5, 0.6) is 5.75 Å². The van der Waals surface area contributed by atoms with E-state index in [0.29, 0.717) is 5.69 Å². The van der Waals surface area contributed by atoms with E-state index in [4.69, 9.17) is 4.74 Å². The van der Waals surface area contributed by atoms with Crippen molar-refractivity contribution in [3.63, 3.8) is 0 Å². The first-order chi connectivity index (χ1) is 14.3. The molecule has 2 aromatic carbocycles. The Morgan fingerprint density at radius 3 is 2.57 bits per heavy atom. The van der Waals surface area contributed by atoms with Gasteiger partial charge in [-0.05, 0) is 31.2 Å². The smallest absolute Gasteiger partial charge is 0.387 e. The van der Waals surface area contributed by atoms with E-state index in [1.807, 2.05) is 19.1 Å². The Balaban J connectivity index is 1.53. The van der Waals surface area contributed by atoms with Gasteiger partial charge in [-0.15, -0.1) is 0 Å². The number of halogens is 2. The van der Waals surface area contributed by atoms with Crippen LogP contribution in [0.25, 0.3) is 0 Å². The molecule has 1 aliphatic rings. The highest BCUT2D eigenvalue weighted by molar-refractivity contribution is 6.00. The average molecular weight is 418 g/mol. The first-order valence-electron chi connectivity index (χ1n) is 9.21. The van der Waals surface area contributed by atoms with Gasteiger partial charge in [0.2, 0.25) is 5.91 Å². The standard InChI is InChI=1S/C21H20F2N2O5/c1-13-6-8-15(9-7-13)25-11-14(10-19(25)27)20(28)29-12-18(26)24-16-4-2-3-5-17(16)30-21(22)23/h2-9,14,21H,10-12H2,1H3,(H,24,26). The largest absolute Gasteiger partial charge is 0.455 e. The fourth-order valence-corrected chi connectivity index (χ4v) is 3.05. The van der Waals surface area contributed by atoms with Crippen LogP contribution in [0.15, 0.2) is 48.5 Å². The summed E-state index contributed by atoms with van der Waals surface area (Å²) in [5.41, 5.74) is 1.77. The zero-order chi connectivity index (χ0) is 21.7. The van der Waals surface area contributed by atoms with Crippen molar-refractivity contribution in [2.75, 3.05) is 23.4 Å². The molecule has 0 aliphatic carbocycles. The van der Waals surface area contributed by atoms with Crippen LogP contribution in [0.1, 0.15) is 12.0 Å². The highest BCUT2D eigenvalue weighted by atomic mass is 19.3. The number of anilines is 2. The molecular weight excluding hydrogens is 398 g/mol. The van der Waals surface area contributed by atoms with Crippen molar-refractivity contribution in [2.45, 2.75) is 20.0 Å². The van der Waals surface area contributed by atoms with Crippen molar-refractivity contribution in [3.8, 4) is 5.75 Å². The highest BCUT2D eigenvalue weighted by Crippen LogP contribution is 2.27. The number of esters is 1. The van der Waals surface area contributed by atoms with Gasteiger partial charge in [0.1, 0.15) is 5.75 Å². The Hall–Kier alpha value is -3.49. The average Bonchev–Trinajstić information content (AvgIpc) is 3.09. The zero-order valence-electron chi connectivity index (χ0n) is 16.1. The second-order valence-corrected chi connectivity index (χ2v) is 6.77. The number of amides is 2. The Morgan fingerprint density at radius 1 is 1.17 bits per heavy atom. The number of alkyl halides is 2. The monoisotopic (exact) mass is 418 g/mol. The number of aryl methyl sites for hydroxylation is 1. The van der Waals surface area contributed by atoms with Gasteiger partial charge >= 0.3 is 12.6 Å². The lowest BCUT2D eigenvalue weighted by Gasteiger charge is -2.16. The topological polar surface area (TPSA) is 84.9 Å². The molecule has 0 radical (unpaired) electrons. The number of nitrogens with one attached hydrogen (secondary N) is 1. The molecule has 0 saturated carbocycles. The van der Waals surface area contributed by atoms with E-state index >= 15 is 0 Å². The molecule has 0 bridgehead atoms. The van der Waals surface area contributed by atoms with Crippen LogP contribution in [-0.4, -0.2) is 37.5 Å². The lowest BCUT2D eigenvalue weighted by molar-refractivity contribution is -0.151. The van der Waals surface area contributed by atoms with E-state index < -0.39 is 31.0 Å². The Morgan fingerprint density at radius 2 is 1.87 bits per heavy atom. The first-order valence-corrected chi connectivity index (χ1v) is 9.21. The summed E-state index contributed by atoms with van der Waals surface area (Å²) in [6.07, 6.45) is -0.0145. The van der Waals surface area contributed by atoms with E-state index in [-0.39, 0.29) is 30.3 Å². The molecule has 1 aliphatic heterocycles. The predicted octanol–water partition coefficient (Wildman–Crippen LogP) is 3.13. The molecule has 1 heterocycles. The first kappa shape index (κ1) is 21.2.